The molecule has 0 aromatic heterocycles. The average Bonchev–Trinajstić information content (AvgIpc) is 2.60. The van der Waals surface area contributed by atoms with Crippen molar-refractivity contribution in [3.05, 3.63) is 33.4 Å². The Bertz CT molecular complexity index is 732. The summed E-state index contributed by atoms with van der Waals surface area (Å²) in [5.74, 6) is 0.563. The molecule has 2 amide bonds. The summed E-state index contributed by atoms with van der Waals surface area (Å²) in [6.07, 6.45) is 0. The summed E-state index contributed by atoms with van der Waals surface area (Å²) >= 11 is 3.46. The molecule has 0 saturated carbocycles. The predicted octanol–water partition coefficient (Wildman–Crippen LogP) is 3.00. The van der Waals surface area contributed by atoms with Crippen LogP contribution in [0.25, 0.3) is 0 Å². The van der Waals surface area contributed by atoms with Gasteiger partial charge in [0.25, 0.3) is 0 Å². The molecule has 1 heterocycles. The van der Waals surface area contributed by atoms with E-state index in [4.69, 9.17) is 14.2 Å². The van der Waals surface area contributed by atoms with Crippen molar-refractivity contribution >= 4 is 27.9 Å². The molecule has 1 N–H and O–H groups in total. The highest BCUT2D eigenvalue weighted by Gasteiger charge is 2.35. The van der Waals surface area contributed by atoms with E-state index in [1.54, 1.807) is 26.1 Å². The summed E-state index contributed by atoms with van der Waals surface area (Å²) in [7, 11) is 4.44. The van der Waals surface area contributed by atoms with E-state index in [1.165, 1.54) is 19.1 Å². The van der Waals surface area contributed by atoms with E-state index in [0.717, 1.165) is 0 Å². The van der Waals surface area contributed by atoms with E-state index in [9.17, 15) is 9.59 Å². The van der Waals surface area contributed by atoms with E-state index < -0.39 is 12.0 Å². The van der Waals surface area contributed by atoms with Crippen molar-refractivity contribution in [3.8, 4) is 11.5 Å². The van der Waals surface area contributed by atoms with Gasteiger partial charge in [0.05, 0.1) is 36.9 Å². The van der Waals surface area contributed by atoms with Gasteiger partial charge in [-0.1, -0.05) is 0 Å². The zero-order valence-corrected chi connectivity index (χ0v) is 16.4. The fraction of sp³-hybridized carbons (Fsp3) is 0.412. The number of rotatable bonds is 5. The molecule has 136 valence electrons. The molecule has 25 heavy (non-hydrogen) atoms. The molecule has 1 aliphatic rings. The van der Waals surface area contributed by atoms with Crippen LogP contribution in [-0.4, -0.2) is 44.8 Å². The van der Waals surface area contributed by atoms with Gasteiger partial charge in [0.2, 0.25) is 0 Å². The van der Waals surface area contributed by atoms with Gasteiger partial charge in [0.1, 0.15) is 0 Å². The van der Waals surface area contributed by atoms with Gasteiger partial charge in [-0.25, -0.2) is 9.59 Å². The Kier molecular flexibility index (Phi) is 5.94. The largest absolute Gasteiger partial charge is 0.493 e. The van der Waals surface area contributed by atoms with Gasteiger partial charge < -0.3 is 24.4 Å². The summed E-state index contributed by atoms with van der Waals surface area (Å²) in [5, 5.41) is 2.82. The number of hydrogen-bond donors (Lipinski definition) is 1. The first-order chi connectivity index (χ1) is 11.8. The van der Waals surface area contributed by atoms with Gasteiger partial charge in [-0.3, -0.25) is 0 Å². The van der Waals surface area contributed by atoms with Crippen LogP contribution in [-0.2, 0) is 9.53 Å². The first-order valence-corrected chi connectivity index (χ1v) is 8.48. The fourth-order valence-corrected chi connectivity index (χ4v) is 3.22. The summed E-state index contributed by atoms with van der Waals surface area (Å²) in [6, 6.07) is 2.57. The van der Waals surface area contributed by atoms with Gasteiger partial charge in [0.15, 0.2) is 11.5 Å². The van der Waals surface area contributed by atoms with Crippen molar-refractivity contribution in [1.29, 1.82) is 0 Å². The number of carbonyl (C=O) groups excluding carboxylic acids is 2. The lowest BCUT2D eigenvalue weighted by Gasteiger charge is -2.33. The highest BCUT2D eigenvalue weighted by molar-refractivity contribution is 9.10. The normalized spacial score (nSPS) is 17.3. The monoisotopic (exact) mass is 412 g/mol. The van der Waals surface area contributed by atoms with Crippen LogP contribution in [0, 0.1) is 0 Å². The molecule has 1 aromatic rings. The molecule has 1 unspecified atom stereocenters. The number of halogens is 1. The first kappa shape index (κ1) is 19.1. The Morgan fingerprint density at radius 1 is 1.36 bits per heavy atom. The second-order valence-corrected chi connectivity index (χ2v) is 6.25. The maximum atomic E-state index is 12.3. The standard InChI is InChI=1S/C17H21BrN2O5/c1-6-25-15-11(18)7-10(8-12(15)23-4)14-13(16(21)24-5)9(2)20(3)17(22)19-14/h7-8,14H,6H2,1-5H3,(H,19,22). The molecule has 1 atom stereocenters. The third kappa shape index (κ3) is 3.58. The second-order valence-electron chi connectivity index (χ2n) is 5.40. The van der Waals surface area contributed by atoms with Crippen LogP contribution in [0.3, 0.4) is 0 Å². The lowest BCUT2D eigenvalue weighted by Crippen LogP contribution is -2.46. The van der Waals surface area contributed by atoms with Crippen LogP contribution < -0.4 is 14.8 Å². The van der Waals surface area contributed by atoms with Gasteiger partial charge >= 0.3 is 12.0 Å². The van der Waals surface area contributed by atoms with Crippen LogP contribution in [0.1, 0.15) is 25.5 Å². The highest BCUT2D eigenvalue weighted by Crippen LogP contribution is 2.40. The fourth-order valence-electron chi connectivity index (χ4n) is 2.65. The average molecular weight is 413 g/mol. The molecule has 8 heteroatoms. The van der Waals surface area contributed by atoms with Crippen LogP contribution in [0.15, 0.2) is 27.9 Å². The number of hydrogen-bond acceptors (Lipinski definition) is 5. The molecule has 1 aromatic carbocycles. The lowest BCUT2D eigenvalue weighted by molar-refractivity contribution is -0.136. The molecule has 0 radical (unpaired) electrons. The van der Waals surface area contributed by atoms with Crippen LogP contribution in [0.2, 0.25) is 0 Å². The molecular formula is C17H21BrN2O5. The molecular weight excluding hydrogens is 392 g/mol. The minimum Gasteiger partial charge on any atom is -0.493 e. The van der Waals surface area contributed by atoms with Crippen LogP contribution in [0.5, 0.6) is 11.5 Å². The van der Waals surface area contributed by atoms with Crippen molar-refractivity contribution in [2.24, 2.45) is 0 Å². The van der Waals surface area contributed by atoms with Crippen LogP contribution in [0.4, 0.5) is 4.79 Å². The third-order valence-corrected chi connectivity index (χ3v) is 4.62. The molecule has 0 bridgehead atoms. The topological polar surface area (TPSA) is 77.1 Å². The number of amides is 2. The number of esters is 1. The van der Waals surface area contributed by atoms with E-state index >= 15 is 0 Å². The SMILES string of the molecule is CCOc1c(Br)cc(C2NC(=O)N(C)C(C)=C2C(=O)OC)cc1OC. The Labute approximate surface area is 155 Å². The number of allylic oxidation sites excluding steroid dienone is 1. The third-order valence-electron chi connectivity index (χ3n) is 4.03. The van der Waals surface area contributed by atoms with Crippen molar-refractivity contribution in [2.75, 3.05) is 27.9 Å². The zero-order valence-electron chi connectivity index (χ0n) is 14.8. The van der Waals surface area contributed by atoms with Gasteiger partial charge in [-0.2, -0.15) is 0 Å². The Balaban J connectivity index is 2.60. The summed E-state index contributed by atoms with van der Waals surface area (Å²) in [5.41, 5.74) is 1.57. The zero-order chi connectivity index (χ0) is 18.7. The molecule has 2 rings (SSSR count). The number of ether oxygens (including phenoxy) is 3. The minimum absolute atomic E-state index is 0.306. The number of nitrogens with one attached hydrogen (secondary N) is 1. The molecule has 0 spiro atoms. The quantitative estimate of drug-likeness (QED) is 0.752. The van der Waals surface area contributed by atoms with Crippen molar-refractivity contribution in [1.82, 2.24) is 10.2 Å². The van der Waals surface area contributed by atoms with Crippen molar-refractivity contribution in [3.63, 3.8) is 0 Å². The van der Waals surface area contributed by atoms with E-state index in [-0.39, 0.29) is 6.03 Å². The number of carbonyl (C=O) groups is 2. The summed E-state index contributed by atoms with van der Waals surface area (Å²) in [4.78, 5) is 25.9. The van der Waals surface area contributed by atoms with Gasteiger partial charge in [0, 0.05) is 12.7 Å². The van der Waals surface area contributed by atoms with Crippen LogP contribution >= 0.6 is 15.9 Å². The van der Waals surface area contributed by atoms with E-state index in [0.29, 0.717) is 39.4 Å². The maximum absolute atomic E-state index is 12.3. The molecule has 0 saturated heterocycles. The molecule has 0 fully saturated rings. The van der Waals surface area contributed by atoms with Crippen molar-refractivity contribution in [2.45, 2.75) is 19.9 Å². The van der Waals surface area contributed by atoms with E-state index in [2.05, 4.69) is 21.2 Å². The predicted molar refractivity (Wildman–Crippen MR) is 95.6 cm³/mol. The maximum Gasteiger partial charge on any atom is 0.337 e. The number of benzene rings is 1. The smallest absolute Gasteiger partial charge is 0.337 e. The number of urea groups is 1. The summed E-state index contributed by atoms with van der Waals surface area (Å²) in [6.45, 7) is 4.06. The highest BCUT2D eigenvalue weighted by atomic mass is 79.9. The number of methoxy groups -OCH3 is 2. The molecule has 0 aliphatic carbocycles. The van der Waals surface area contributed by atoms with Gasteiger partial charge in [-0.05, 0) is 47.5 Å². The lowest BCUT2D eigenvalue weighted by atomic mass is 9.94. The first-order valence-electron chi connectivity index (χ1n) is 7.69. The second kappa shape index (κ2) is 7.77. The summed E-state index contributed by atoms with van der Waals surface area (Å²) < 4.78 is 16.5. The number of nitrogens with zero attached hydrogens (tertiary/aromatic N) is 1. The Morgan fingerprint density at radius 3 is 2.60 bits per heavy atom. The van der Waals surface area contributed by atoms with Crippen molar-refractivity contribution < 1.29 is 23.8 Å². The molecule has 1 aliphatic heterocycles. The van der Waals surface area contributed by atoms with Gasteiger partial charge in [-0.15, -0.1) is 0 Å². The van der Waals surface area contributed by atoms with E-state index in [1.807, 2.05) is 6.92 Å². The Morgan fingerprint density at radius 2 is 2.04 bits per heavy atom. The molecule has 7 nitrogen and oxygen atoms in total. The minimum atomic E-state index is -0.656. The Hall–Kier alpha value is -2.22.